The Morgan fingerprint density at radius 3 is 2.50 bits per heavy atom. The van der Waals surface area contributed by atoms with Crippen molar-refractivity contribution in [3.8, 4) is 5.75 Å². The molecule has 1 atom stereocenters. The number of carbonyl (C=O) groups excluding carboxylic acids is 2. The molecule has 3 rings (SSSR count). The third-order valence-electron chi connectivity index (χ3n) is 3.97. The minimum Gasteiger partial charge on any atom is -0.508 e. The number of phenols is 1. The van der Waals surface area contributed by atoms with Crippen LogP contribution in [0.4, 0.5) is 0 Å². The Morgan fingerprint density at radius 2 is 1.92 bits per heavy atom. The van der Waals surface area contributed by atoms with Gasteiger partial charge < -0.3 is 15.1 Å². The van der Waals surface area contributed by atoms with Gasteiger partial charge in [-0.15, -0.1) is 0 Å². The van der Waals surface area contributed by atoms with Crippen molar-refractivity contribution in [2.45, 2.75) is 19.5 Å². The van der Waals surface area contributed by atoms with Crippen molar-refractivity contribution in [2.24, 2.45) is 0 Å². The predicted octanol–water partition coefficient (Wildman–Crippen LogP) is 2.27. The molecule has 2 aromatic rings. The van der Waals surface area contributed by atoms with Crippen LogP contribution < -0.4 is 0 Å². The summed E-state index contributed by atoms with van der Waals surface area (Å²) < 4.78 is 0. The van der Waals surface area contributed by atoms with Gasteiger partial charge in [0, 0.05) is 18.9 Å². The van der Waals surface area contributed by atoms with Crippen molar-refractivity contribution < 1.29 is 19.8 Å². The quantitative estimate of drug-likeness (QED) is 0.900. The standard InChI is InChI=1S/C18H16N2O4/c1-11(21)15-16(13-4-6-14(22)7-5-13)20(18(24)17(15)23)10-12-3-2-8-19-9-12/h2-9,16,22-23H,10H2,1H3/t16-/m1/s1. The van der Waals surface area contributed by atoms with Gasteiger partial charge in [-0.25, -0.2) is 0 Å². The van der Waals surface area contributed by atoms with Crippen LogP contribution in [0.15, 0.2) is 60.1 Å². The molecule has 0 spiro atoms. The number of nitrogens with zero attached hydrogens (tertiary/aromatic N) is 2. The van der Waals surface area contributed by atoms with Crippen molar-refractivity contribution >= 4 is 11.7 Å². The number of rotatable bonds is 4. The largest absolute Gasteiger partial charge is 0.508 e. The number of carbonyl (C=O) groups is 2. The van der Waals surface area contributed by atoms with Crippen molar-refractivity contribution in [3.63, 3.8) is 0 Å². The van der Waals surface area contributed by atoms with E-state index in [1.54, 1.807) is 30.6 Å². The summed E-state index contributed by atoms with van der Waals surface area (Å²) in [6, 6.07) is 9.10. The number of amides is 1. The lowest BCUT2D eigenvalue weighted by Gasteiger charge is -2.26. The first kappa shape index (κ1) is 15.7. The maximum absolute atomic E-state index is 12.5. The van der Waals surface area contributed by atoms with Crippen molar-refractivity contribution in [2.75, 3.05) is 0 Å². The summed E-state index contributed by atoms with van der Waals surface area (Å²) in [7, 11) is 0. The Balaban J connectivity index is 2.04. The zero-order chi connectivity index (χ0) is 17.3. The fourth-order valence-electron chi connectivity index (χ4n) is 2.87. The van der Waals surface area contributed by atoms with Gasteiger partial charge in [0.05, 0.1) is 11.6 Å². The van der Waals surface area contributed by atoms with Crippen LogP contribution in [0.3, 0.4) is 0 Å². The Labute approximate surface area is 138 Å². The zero-order valence-electron chi connectivity index (χ0n) is 13.0. The Morgan fingerprint density at radius 1 is 1.21 bits per heavy atom. The highest BCUT2D eigenvalue weighted by molar-refractivity contribution is 6.08. The molecule has 122 valence electrons. The Bertz CT molecular complexity index is 813. The summed E-state index contributed by atoms with van der Waals surface area (Å²) in [5, 5.41) is 19.6. The van der Waals surface area contributed by atoms with Crippen LogP contribution >= 0.6 is 0 Å². The van der Waals surface area contributed by atoms with Gasteiger partial charge in [0.25, 0.3) is 5.91 Å². The van der Waals surface area contributed by atoms with E-state index in [1.165, 1.54) is 24.0 Å². The summed E-state index contributed by atoms with van der Waals surface area (Å²) in [5.74, 6) is -1.40. The molecule has 0 fully saturated rings. The zero-order valence-corrected chi connectivity index (χ0v) is 13.0. The number of pyridine rings is 1. The van der Waals surface area contributed by atoms with Crippen molar-refractivity contribution in [3.05, 3.63) is 71.3 Å². The van der Waals surface area contributed by atoms with Gasteiger partial charge >= 0.3 is 0 Å². The van der Waals surface area contributed by atoms with Gasteiger partial charge in [-0.1, -0.05) is 18.2 Å². The molecule has 0 unspecified atom stereocenters. The molecule has 0 bridgehead atoms. The fourth-order valence-corrected chi connectivity index (χ4v) is 2.87. The van der Waals surface area contributed by atoms with E-state index in [9.17, 15) is 19.8 Å². The Hall–Kier alpha value is -3.15. The van der Waals surface area contributed by atoms with Crippen LogP contribution in [-0.4, -0.2) is 31.8 Å². The minimum absolute atomic E-state index is 0.0644. The molecule has 6 heteroatoms. The lowest BCUT2D eigenvalue weighted by atomic mass is 9.96. The minimum atomic E-state index is -0.698. The van der Waals surface area contributed by atoms with E-state index in [0.29, 0.717) is 5.56 Å². The number of aliphatic hydroxyl groups excluding tert-OH is 1. The van der Waals surface area contributed by atoms with Crippen LogP contribution in [0.5, 0.6) is 5.75 Å². The molecule has 0 radical (unpaired) electrons. The summed E-state index contributed by atoms with van der Waals surface area (Å²) >= 11 is 0. The lowest BCUT2D eigenvalue weighted by Crippen LogP contribution is -2.30. The first-order valence-corrected chi connectivity index (χ1v) is 7.42. The number of hydrogen-bond acceptors (Lipinski definition) is 5. The third kappa shape index (κ3) is 2.74. The molecule has 0 saturated carbocycles. The molecular weight excluding hydrogens is 308 g/mol. The second-order valence-corrected chi connectivity index (χ2v) is 5.61. The third-order valence-corrected chi connectivity index (χ3v) is 3.97. The van der Waals surface area contributed by atoms with Crippen molar-refractivity contribution in [1.82, 2.24) is 9.88 Å². The van der Waals surface area contributed by atoms with E-state index in [1.807, 2.05) is 6.07 Å². The number of Topliss-reactive ketones (excluding diaryl/α,β-unsaturated/α-hetero) is 1. The van der Waals surface area contributed by atoms with Crippen molar-refractivity contribution in [1.29, 1.82) is 0 Å². The number of hydrogen-bond donors (Lipinski definition) is 2. The number of ketones is 1. The number of aliphatic hydroxyl groups is 1. The molecule has 1 aromatic carbocycles. The molecular formula is C18H16N2O4. The monoisotopic (exact) mass is 324 g/mol. The highest BCUT2D eigenvalue weighted by atomic mass is 16.3. The summed E-state index contributed by atoms with van der Waals surface area (Å²) in [6.07, 6.45) is 3.26. The highest BCUT2D eigenvalue weighted by Crippen LogP contribution is 2.38. The van der Waals surface area contributed by atoms with E-state index in [-0.39, 0.29) is 23.7 Å². The van der Waals surface area contributed by atoms with Crippen LogP contribution in [-0.2, 0) is 16.1 Å². The second-order valence-electron chi connectivity index (χ2n) is 5.61. The van der Waals surface area contributed by atoms with Gasteiger partial charge in [0.2, 0.25) is 0 Å². The molecule has 1 amide bonds. The van der Waals surface area contributed by atoms with Gasteiger partial charge in [0.15, 0.2) is 11.5 Å². The fraction of sp³-hybridized carbons (Fsp3) is 0.167. The molecule has 1 aliphatic rings. The summed E-state index contributed by atoms with van der Waals surface area (Å²) in [6.45, 7) is 1.53. The molecule has 1 aromatic heterocycles. The van der Waals surface area contributed by atoms with Crippen LogP contribution in [0.1, 0.15) is 24.1 Å². The van der Waals surface area contributed by atoms with Gasteiger partial charge in [0.1, 0.15) is 5.75 Å². The van der Waals surface area contributed by atoms with E-state index >= 15 is 0 Å². The Kier molecular flexibility index (Phi) is 4.04. The normalized spacial score (nSPS) is 17.5. The molecule has 6 nitrogen and oxygen atoms in total. The van der Waals surface area contributed by atoms with E-state index in [0.717, 1.165) is 5.56 Å². The molecule has 0 aliphatic carbocycles. The summed E-state index contributed by atoms with van der Waals surface area (Å²) in [5.41, 5.74) is 1.49. The number of aromatic hydroxyl groups is 1. The van der Waals surface area contributed by atoms with Crippen LogP contribution in [0.25, 0.3) is 0 Å². The first-order valence-electron chi connectivity index (χ1n) is 7.42. The highest BCUT2D eigenvalue weighted by Gasteiger charge is 2.42. The molecule has 2 heterocycles. The smallest absolute Gasteiger partial charge is 0.290 e. The molecule has 0 saturated heterocycles. The lowest BCUT2D eigenvalue weighted by molar-refractivity contribution is -0.130. The van der Waals surface area contributed by atoms with Crippen LogP contribution in [0, 0.1) is 0 Å². The molecule has 24 heavy (non-hydrogen) atoms. The van der Waals surface area contributed by atoms with E-state index in [4.69, 9.17) is 0 Å². The van der Waals surface area contributed by atoms with E-state index < -0.39 is 17.7 Å². The molecule has 2 N–H and O–H groups in total. The maximum Gasteiger partial charge on any atom is 0.290 e. The average molecular weight is 324 g/mol. The number of aromatic nitrogens is 1. The summed E-state index contributed by atoms with van der Waals surface area (Å²) in [4.78, 5) is 29.9. The van der Waals surface area contributed by atoms with Crippen LogP contribution in [0.2, 0.25) is 0 Å². The number of benzene rings is 1. The SMILES string of the molecule is CC(=O)C1=C(O)C(=O)N(Cc2cccnc2)[C@@H]1c1ccc(O)cc1. The average Bonchev–Trinajstić information content (AvgIpc) is 2.82. The second kappa shape index (κ2) is 6.16. The van der Waals surface area contributed by atoms with Gasteiger partial charge in [-0.05, 0) is 36.2 Å². The number of phenolic OH excluding ortho intramolecular Hbond substituents is 1. The maximum atomic E-state index is 12.5. The molecule has 1 aliphatic heterocycles. The van der Waals surface area contributed by atoms with Gasteiger partial charge in [-0.3, -0.25) is 14.6 Å². The topological polar surface area (TPSA) is 90.7 Å². The van der Waals surface area contributed by atoms with E-state index in [2.05, 4.69) is 4.98 Å². The first-order chi connectivity index (χ1) is 11.5. The predicted molar refractivity (Wildman–Crippen MR) is 86.0 cm³/mol. The van der Waals surface area contributed by atoms with Gasteiger partial charge in [-0.2, -0.15) is 0 Å².